The molecule has 0 aromatic rings. The molecule has 2 bridgehead atoms. The highest BCUT2D eigenvalue weighted by atomic mass is 16.6. The maximum atomic E-state index is 14.5. The quantitative estimate of drug-likeness (QED) is 0.327. The van der Waals surface area contributed by atoms with E-state index in [1.165, 1.54) is 0 Å². The molecule has 4 aliphatic carbocycles. The highest BCUT2D eigenvalue weighted by Crippen LogP contribution is 2.71. The van der Waals surface area contributed by atoms with Crippen LogP contribution >= 0.6 is 0 Å². The molecule has 0 amide bonds. The maximum Gasteiger partial charge on any atom is 0.334 e. The Kier molecular flexibility index (Phi) is 6.73. The van der Waals surface area contributed by atoms with Gasteiger partial charge in [0.15, 0.2) is 17.5 Å². The molecular formula is C30H40O7. The number of carbonyl (C=O) groups excluding carboxylic acids is 3. The fourth-order valence-electron chi connectivity index (χ4n) is 7.26. The van der Waals surface area contributed by atoms with Crippen LogP contribution in [0, 0.1) is 34.5 Å². The number of ketones is 1. The van der Waals surface area contributed by atoms with Crippen molar-refractivity contribution in [3.05, 3.63) is 46.6 Å². The van der Waals surface area contributed by atoms with Crippen molar-refractivity contribution in [2.75, 3.05) is 6.61 Å². The molecule has 2 saturated carbocycles. The Morgan fingerprint density at radius 2 is 1.73 bits per heavy atom. The van der Waals surface area contributed by atoms with E-state index in [0.29, 0.717) is 28.7 Å². The highest BCUT2D eigenvalue weighted by Gasteiger charge is 2.76. The van der Waals surface area contributed by atoms with Gasteiger partial charge in [-0.1, -0.05) is 45.1 Å². The lowest BCUT2D eigenvalue weighted by molar-refractivity contribution is -0.202. The molecule has 202 valence electrons. The number of hydrogen-bond acceptors (Lipinski definition) is 7. The van der Waals surface area contributed by atoms with E-state index >= 15 is 0 Å². The van der Waals surface area contributed by atoms with Gasteiger partial charge in [-0.25, -0.2) is 9.59 Å². The van der Waals surface area contributed by atoms with Crippen LogP contribution in [-0.2, 0) is 23.9 Å². The normalized spacial score (nSPS) is 40.4. The number of carbonyl (C=O) groups is 3. The molecule has 2 fully saturated rings. The number of esters is 2. The highest BCUT2D eigenvalue weighted by molar-refractivity contribution is 5.96. The molecule has 0 unspecified atom stereocenters. The first-order valence-electron chi connectivity index (χ1n) is 13.2. The van der Waals surface area contributed by atoms with Gasteiger partial charge in [0.05, 0.1) is 5.41 Å². The molecule has 2 N–H and O–H groups in total. The van der Waals surface area contributed by atoms with Crippen LogP contribution in [0.25, 0.3) is 0 Å². The molecule has 8 atom stereocenters. The molecule has 4 rings (SSSR count). The minimum Gasteiger partial charge on any atom is -0.458 e. The molecule has 0 heterocycles. The van der Waals surface area contributed by atoms with Crippen LogP contribution in [0.1, 0.15) is 61.8 Å². The zero-order valence-corrected chi connectivity index (χ0v) is 23.1. The average molecular weight is 513 g/mol. The molecule has 7 nitrogen and oxygen atoms in total. The minimum absolute atomic E-state index is 0.0345. The summed E-state index contributed by atoms with van der Waals surface area (Å²) in [7, 11) is 0. The van der Waals surface area contributed by atoms with E-state index in [1.807, 2.05) is 6.92 Å². The number of allylic oxidation sites excluding steroid dienone is 3. The van der Waals surface area contributed by atoms with Crippen LogP contribution in [0.4, 0.5) is 0 Å². The number of rotatable bonds is 5. The van der Waals surface area contributed by atoms with Gasteiger partial charge in [0.2, 0.25) is 0 Å². The van der Waals surface area contributed by atoms with E-state index in [9.17, 15) is 24.6 Å². The molecule has 0 aromatic heterocycles. The summed E-state index contributed by atoms with van der Waals surface area (Å²) in [4.78, 5) is 40.2. The van der Waals surface area contributed by atoms with Crippen LogP contribution in [0.2, 0.25) is 0 Å². The van der Waals surface area contributed by atoms with E-state index in [-0.39, 0.29) is 35.6 Å². The number of aliphatic hydroxyl groups is 2. The molecule has 0 saturated heterocycles. The number of ether oxygens (including phenoxy) is 2. The first kappa shape index (κ1) is 27.5. The molecule has 1 spiro atoms. The van der Waals surface area contributed by atoms with Crippen molar-refractivity contribution in [2.24, 2.45) is 34.5 Å². The van der Waals surface area contributed by atoms with E-state index in [2.05, 4.69) is 13.8 Å². The van der Waals surface area contributed by atoms with Crippen LogP contribution in [0.3, 0.4) is 0 Å². The van der Waals surface area contributed by atoms with Crippen molar-refractivity contribution in [3.8, 4) is 0 Å². The molecule has 4 aliphatic rings. The van der Waals surface area contributed by atoms with Crippen molar-refractivity contribution in [3.63, 3.8) is 0 Å². The van der Waals surface area contributed by atoms with Crippen LogP contribution in [0.5, 0.6) is 0 Å². The Hall–Kier alpha value is -2.51. The largest absolute Gasteiger partial charge is 0.458 e. The molecule has 0 aliphatic heterocycles. The van der Waals surface area contributed by atoms with E-state index in [4.69, 9.17) is 9.47 Å². The summed E-state index contributed by atoms with van der Waals surface area (Å²) in [5.74, 6) is -1.99. The molecule has 0 radical (unpaired) electrons. The van der Waals surface area contributed by atoms with Gasteiger partial charge in [0.25, 0.3) is 0 Å². The summed E-state index contributed by atoms with van der Waals surface area (Å²) >= 11 is 0. The van der Waals surface area contributed by atoms with Crippen molar-refractivity contribution in [1.29, 1.82) is 0 Å². The summed E-state index contributed by atoms with van der Waals surface area (Å²) in [5, 5.41) is 24.0. The predicted molar refractivity (Wildman–Crippen MR) is 138 cm³/mol. The first-order valence-corrected chi connectivity index (χ1v) is 13.2. The Bertz CT molecular complexity index is 1150. The second-order valence-electron chi connectivity index (χ2n) is 12.0. The average Bonchev–Trinajstić information content (AvgIpc) is 3.37. The second-order valence-corrected chi connectivity index (χ2v) is 12.0. The van der Waals surface area contributed by atoms with E-state index < -0.39 is 41.1 Å². The number of hydrogen-bond donors (Lipinski definition) is 2. The van der Waals surface area contributed by atoms with Crippen molar-refractivity contribution >= 4 is 17.7 Å². The van der Waals surface area contributed by atoms with E-state index in [1.54, 1.807) is 58.9 Å². The van der Waals surface area contributed by atoms with Gasteiger partial charge in [-0.2, -0.15) is 0 Å². The second kappa shape index (κ2) is 9.05. The lowest BCUT2D eigenvalue weighted by Crippen LogP contribution is -2.66. The topological polar surface area (TPSA) is 110 Å². The third kappa shape index (κ3) is 3.72. The molecule has 37 heavy (non-hydrogen) atoms. The minimum atomic E-state index is -2.15. The zero-order valence-electron chi connectivity index (χ0n) is 23.1. The maximum absolute atomic E-state index is 14.5. The Morgan fingerprint density at radius 1 is 1.14 bits per heavy atom. The predicted octanol–water partition coefficient (Wildman–Crippen LogP) is 3.85. The number of Topliss-reactive ketones (excluding diaryl/α,β-unsaturated/α-hetero) is 1. The first-order chi connectivity index (χ1) is 17.2. The van der Waals surface area contributed by atoms with Gasteiger partial charge in [0, 0.05) is 22.6 Å². The number of aliphatic hydroxyl groups excluding tert-OH is 1. The lowest BCUT2D eigenvalue weighted by Gasteiger charge is -2.49. The van der Waals surface area contributed by atoms with Gasteiger partial charge in [-0.05, 0) is 69.8 Å². The monoisotopic (exact) mass is 512 g/mol. The standard InChI is InChI=1S/C30H40O7/c1-9-15(3)26(33)36-14-19-12-20-22-21(28(22,7)8)11-18(6)29(24(20)32)13-17(5)23(31)30(29,35)25(19)37-27(34)16(4)10-2/h9-10,12-13,18,20-23,25,31,35H,11,14H2,1-8H3/t18-,20+,21-,22+,23+,25-,29+,30-/m1/s1. The van der Waals surface area contributed by atoms with Crippen molar-refractivity contribution in [1.82, 2.24) is 0 Å². The Morgan fingerprint density at radius 3 is 2.32 bits per heavy atom. The molecule has 0 aromatic carbocycles. The van der Waals surface area contributed by atoms with Crippen LogP contribution < -0.4 is 0 Å². The SMILES string of the molecule is CC=C(C)C(=O)OCC1=C[C@@H]2C(=O)[C@]3(C=C(C)[C@H](O)[C@@]3(O)[C@@H]1OC(=O)C(C)=CC)[C@H](C)C[C@@H]1[C@H]2C1(C)C. The van der Waals surface area contributed by atoms with Crippen LogP contribution in [0.15, 0.2) is 46.6 Å². The van der Waals surface area contributed by atoms with Crippen molar-refractivity contribution < 1.29 is 34.1 Å². The molecular weight excluding hydrogens is 472 g/mol. The summed E-state index contributed by atoms with van der Waals surface area (Å²) in [6.07, 6.45) is 4.56. The third-order valence-electron chi connectivity index (χ3n) is 9.82. The summed E-state index contributed by atoms with van der Waals surface area (Å²) in [5.41, 5.74) is -2.19. The van der Waals surface area contributed by atoms with Gasteiger partial charge >= 0.3 is 11.9 Å². The smallest absolute Gasteiger partial charge is 0.334 e. The third-order valence-corrected chi connectivity index (χ3v) is 9.82. The van der Waals surface area contributed by atoms with Gasteiger partial charge in [-0.15, -0.1) is 0 Å². The summed E-state index contributed by atoms with van der Waals surface area (Å²) in [6.45, 7) is 14.3. The zero-order chi connectivity index (χ0) is 27.7. The summed E-state index contributed by atoms with van der Waals surface area (Å²) < 4.78 is 11.5. The Balaban J connectivity index is 1.93. The lowest BCUT2D eigenvalue weighted by atomic mass is 9.59. The van der Waals surface area contributed by atoms with Gasteiger partial charge in [-0.3, -0.25) is 4.79 Å². The van der Waals surface area contributed by atoms with Gasteiger partial charge in [0.1, 0.15) is 12.7 Å². The fourth-order valence-corrected chi connectivity index (χ4v) is 7.26. The fraction of sp³-hybridized carbons (Fsp3) is 0.633. The Labute approximate surface area is 219 Å². The van der Waals surface area contributed by atoms with Crippen molar-refractivity contribution in [2.45, 2.75) is 79.6 Å². The van der Waals surface area contributed by atoms with Crippen LogP contribution in [-0.4, -0.2) is 52.4 Å². The summed E-state index contributed by atoms with van der Waals surface area (Å²) in [6, 6.07) is 0. The number of fused-ring (bicyclic) bond motifs is 3. The molecule has 7 heteroatoms. The van der Waals surface area contributed by atoms with Gasteiger partial charge < -0.3 is 19.7 Å². The van der Waals surface area contributed by atoms with E-state index in [0.717, 1.165) is 0 Å².